The summed E-state index contributed by atoms with van der Waals surface area (Å²) in [6, 6.07) is 5.00. The molecular weight excluding hydrogens is 293 g/mol. The number of halogens is 4. The second-order valence-electron chi connectivity index (χ2n) is 4.52. The van der Waals surface area contributed by atoms with Gasteiger partial charge in [-0.2, -0.15) is 13.2 Å². The fourth-order valence-corrected chi connectivity index (χ4v) is 2.16. The molecule has 1 atom stereocenters. The number of carbonyl (C=O) groups is 1. The molecule has 1 aromatic carbocycles. The first-order valence-corrected chi connectivity index (χ1v) is 6.14. The van der Waals surface area contributed by atoms with E-state index >= 15 is 0 Å². The van der Waals surface area contributed by atoms with Crippen LogP contribution in [0.4, 0.5) is 13.2 Å². The van der Waals surface area contributed by atoms with E-state index in [4.69, 9.17) is 0 Å². The smallest absolute Gasteiger partial charge is 0.351 e. The zero-order valence-electron chi connectivity index (χ0n) is 10.7. The third-order valence-electron chi connectivity index (χ3n) is 3.15. The van der Waals surface area contributed by atoms with Gasteiger partial charge in [0.1, 0.15) is 0 Å². The van der Waals surface area contributed by atoms with Gasteiger partial charge in [-0.1, -0.05) is 18.2 Å². The van der Waals surface area contributed by atoms with Crippen molar-refractivity contribution in [1.82, 2.24) is 10.6 Å². The van der Waals surface area contributed by atoms with E-state index in [-0.39, 0.29) is 36.5 Å². The van der Waals surface area contributed by atoms with E-state index in [1.54, 1.807) is 0 Å². The maximum absolute atomic E-state index is 12.7. The zero-order valence-corrected chi connectivity index (χ0v) is 11.5. The molecule has 1 heterocycles. The van der Waals surface area contributed by atoms with E-state index in [1.165, 1.54) is 18.2 Å². The minimum atomic E-state index is -4.40. The molecule has 1 fully saturated rings. The molecule has 1 amide bonds. The molecule has 0 saturated carbocycles. The summed E-state index contributed by atoms with van der Waals surface area (Å²) in [4.78, 5) is 11.7. The van der Waals surface area contributed by atoms with Crippen molar-refractivity contribution in [3.05, 3.63) is 35.4 Å². The Bertz CT molecular complexity index is 459. The molecule has 1 aliphatic rings. The Hall–Kier alpha value is -1.27. The van der Waals surface area contributed by atoms with Gasteiger partial charge in [0.05, 0.1) is 11.6 Å². The Labute approximate surface area is 121 Å². The summed E-state index contributed by atoms with van der Waals surface area (Å²) in [5, 5.41) is 5.56. The Morgan fingerprint density at radius 3 is 2.65 bits per heavy atom. The highest BCUT2D eigenvalue weighted by Crippen LogP contribution is 2.31. The van der Waals surface area contributed by atoms with Gasteiger partial charge >= 0.3 is 6.18 Å². The van der Waals surface area contributed by atoms with Gasteiger partial charge in [-0.25, -0.2) is 0 Å². The molecule has 3 nitrogen and oxygen atoms in total. The van der Waals surface area contributed by atoms with E-state index in [0.29, 0.717) is 0 Å². The van der Waals surface area contributed by atoms with Crippen molar-refractivity contribution in [2.24, 2.45) is 0 Å². The molecule has 0 aliphatic carbocycles. The highest BCUT2D eigenvalue weighted by molar-refractivity contribution is 5.85. The van der Waals surface area contributed by atoms with Crippen LogP contribution in [0.2, 0.25) is 0 Å². The van der Waals surface area contributed by atoms with Gasteiger partial charge in [0, 0.05) is 6.54 Å². The van der Waals surface area contributed by atoms with Crippen LogP contribution in [-0.2, 0) is 17.5 Å². The Morgan fingerprint density at radius 2 is 2.05 bits per heavy atom. The summed E-state index contributed by atoms with van der Waals surface area (Å²) in [7, 11) is 0. The van der Waals surface area contributed by atoms with E-state index < -0.39 is 11.7 Å². The van der Waals surface area contributed by atoms with Gasteiger partial charge in [0.15, 0.2) is 0 Å². The predicted octanol–water partition coefficient (Wildman–Crippen LogP) is 2.50. The minimum Gasteiger partial charge on any atom is -0.351 e. The second-order valence-corrected chi connectivity index (χ2v) is 4.52. The van der Waals surface area contributed by atoms with E-state index in [2.05, 4.69) is 10.6 Å². The molecule has 0 unspecified atom stereocenters. The highest BCUT2D eigenvalue weighted by atomic mass is 35.5. The first kappa shape index (κ1) is 16.8. The van der Waals surface area contributed by atoms with Crippen LogP contribution in [0.1, 0.15) is 24.0 Å². The van der Waals surface area contributed by atoms with Gasteiger partial charge in [-0.15, -0.1) is 12.4 Å². The molecule has 112 valence electrons. The van der Waals surface area contributed by atoms with Gasteiger partial charge < -0.3 is 10.6 Å². The molecule has 0 spiro atoms. The largest absolute Gasteiger partial charge is 0.416 e. The summed E-state index contributed by atoms with van der Waals surface area (Å²) in [5.41, 5.74) is -0.615. The van der Waals surface area contributed by atoms with Gasteiger partial charge in [-0.3, -0.25) is 4.79 Å². The Balaban J connectivity index is 0.00000200. The van der Waals surface area contributed by atoms with Gasteiger partial charge in [-0.05, 0) is 31.0 Å². The third-order valence-corrected chi connectivity index (χ3v) is 3.15. The van der Waals surface area contributed by atoms with Crippen LogP contribution >= 0.6 is 12.4 Å². The summed E-state index contributed by atoms with van der Waals surface area (Å²) in [6.45, 7) is 0.671. The summed E-state index contributed by atoms with van der Waals surface area (Å²) >= 11 is 0. The van der Waals surface area contributed by atoms with Crippen LogP contribution < -0.4 is 10.6 Å². The Kier molecular flexibility index (Phi) is 5.83. The van der Waals surface area contributed by atoms with Crippen molar-refractivity contribution >= 4 is 18.3 Å². The Morgan fingerprint density at radius 1 is 1.35 bits per heavy atom. The average Bonchev–Trinajstić information content (AvgIpc) is 2.89. The van der Waals surface area contributed by atoms with Crippen molar-refractivity contribution in [3.8, 4) is 0 Å². The molecule has 1 aromatic rings. The van der Waals surface area contributed by atoms with Crippen LogP contribution in [0.15, 0.2) is 24.3 Å². The summed E-state index contributed by atoms with van der Waals surface area (Å²) in [5.74, 6) is -0.241. The molecule has 1 saturated heterocycles. The van der Waals surface area contributed by atoms with E-state index in [9.17, 15) is 18.0 Å². The SMILES string of the molecule is Cl.O=C(NCc1ccccc1C(F)(F)F)[C@@H]1CCCN1. The van der Waals surface area contributed by atoms with Crippen molar-refractivity contribution in [3.63, 3.8) is 0 Å². The number of alkyl halides is 3. The van der Waals surface area contributed by atoms with E-state index in [0.717, 1.165) is 25.5 Å². The number of nitrogens with one attached hydrogen (secondary N) is 2. The normalized spacial score (nSPS) is 18.4. The predicted molar refractivity (Wildman–Crippen MR) is 71.6 cm³/mol. The molecule has 0 aromatic heterocycles. The van der Waals surface area contributed by atoms with Crippen molar-refractivity contribution in [1.29, 1.82) is 0 Å². The maximum atomic E-state index is 12.7. The van der Waals surface area contributed by atoms with Crippen LogP contribution in [-0.4, -0.2) is 18.5 Å². The molecular formula is C13H16ClF3N2O. The van der Waals surface area contributed by atoms with Crippen LogP contribution in [0.3, 0.4) is 0 Å². The lowest BCUT2D eigenvalue weighted by molar-refractivity contribution is -0.138. The molecule has 2 rings (SSSR count). The number of benzene rings is 1. The van der Waals surface area contributed by atoms with Crippen molar-refractivity contribution in [2.45, 2.75) is 31.6 Å². The lowest BCUT2D eigenvalue weighted by atomic mass is 10.1. The highest BCUT2D eigenvalue weighted by Gasteiger charge is 2.33. The van der Waals surface area contributed by atoms with Crippen LogP contribution in [0.5, 0.6) is 0 Å². The maximum Gasteiger partial charge on any atom is 0.416 e. The first-order chi connectivity index (χ1) is 8.98. The lowest BCUT2D eigenvalue weighted by Crippen LogP contribution is -2.40. The fraction of sp³-hybridized carbons (Fsp3) is 0.462. The number of hydrogen-bond donors (Lipinski definition) is 2. The summed E-state index contributed by atoms with van der Waals surface area (Å²) < 4.78 is 38.2. The number of rotatable bonds is 3. The third kappa shape index (κ3) is 4.11. The number of hydrogen-bond acceptors (Lipinski definition) is 2. The summed E-state index contributed by atoms with van der Waals surface area (Å²) in [6.07, 6.45) is -2.75. The molecule has 20 heavy (non-hydrogen) atoms. The van der Waals surface area contributed by atoms with Crippen molar-refractivity contribution < 1.29 is 18.0 Å². The minimum absolute atomic E-state index is 0. The molecule has 0 bridgehead atoms. The lowest BCUT2D eigenvalue weighted by Gasteiger charge is -2.15. The van der Waals surface area contributed by atoms with Gasteiger partial charge in [0.25, 0.3) is 0 Å². The average molecular weight is 309 g/mol. The molecule has 2 N–H and O–H groups in total. The second kappa shape index (κ2) is 6.95. The van der Waals surface area contributed by atoms with Crippen LogP contribution in [0.25, 0.3) is 0 Å². The number of carbonyl (C=O) groups excluding carboxylic acids is 1. The van der Waals surface area contributed by atoms with Crippen molar-refractivity contribution in [2.75, 3.05) is 6.54 Å². The van der Waals surface area contributed by atoms with Crippen LogP contribution in [0, 0.1) is 0 Å². The fourth-order valence-electron chi connectivity index (χ4n) is 2.16. The molecule has 1 aliphatic heterocycles. The topological polar surface area (TPSA) is 41.1 Å². The standard InChI is InChI=1S/C13H15F3N2O.ClH/c14-13(15,16)10-5-2-1-4-9(10)8-18-12(19)11-6-3-7-17-11;/h1-2,4-5,11,17H,3,6-8H2,(H,18,19);1H/t11-;/m0./s1. The number of amides is 1. The zero-order chi connectivity index (χ0) is 13.9. The monoisotopic (exact) mass is 308 g/mol. The first-order valence-electron chi connectivity index (χ1n) is 6.14. The van der Waals surface area contributed by atoms with Gasteiger partial charge in [0.2, 0.25) is 5.91 Å². The molecule has 0 radical (unpaired) electrons. The quantitative estimate of drug-likeness (QED) is 0.901. The van der Waals surface area contributed by atoms with E-state index in [1.807, 2.05) is 0 Å². The molecule has 7 heteroatoms.